The summed E-state index contributed by atoms with van der Waals surface area (Å²) in [6.07, 6.45) is 0.0231. The summed E-state index contributed by atoms with van der Waals surface area (Å²) < 4.78 is 45.8. The molecule has 0 unspecified atom stereocenters. The number of carbonyl (C=O) groups excluding carboxylic acids is 1. The molecule has 0 spiro atoms. The van der Waals surface area contributed by atoms with Gasteiger partial charge in [0, 0.05) is 38.3 Å². The molecule has 1 N–H and O–H groups in total. The number of piperazine rings is 1. The van der Waals surface area contributed by atoms with Crippen LogP contribution in [0.25, 0.3) is 0 Å². The minimum absolute atomic E-state index is 0.0231. The zero-order valence-corrected chi connectivity index (χ0v) is 17.9. The van der Waals surface area contributed by atoms with E-state index in [-0.39, 0.29) is 43.2 Å². The molecule has 1 aliphatic heterocycles. The van der Waals surface area contributed by atoms with E-state index in [4.69, 9.17) is 4.74 Å². The molecule has 0 aromatic heterocycles. The van der Waals surface area contributed by atoms with Crippen LogP contribution >= 0.6 is 0 Å². The lowest BCUT2D eigenvalue weighted by Crippen LogP contribution is -2.52. The van der Waals surface area contributed by atoms with E-state index in [2.05, 4.69) is 5.32 Å². The standard InChI is InChI=1S/C21H26FN3O4S/c1-16(2)29-20-9-4-3-6-17(20)15-23-21(26)24-10-12-25(13-11-24)30(27,28)19-8-5-7-18(22)14-19/h3-9,14,16H,10-13,15H2,1-2H3,(H,23,26). The van der Waals surface area contributed by atoms with Gasteiger partial charge in [0.1, 0.15) is 11.6 Å². The van der Waals surface area contributed by atoms with Gasteiger partial charge in [-0.15, -0.1) is 0 Å². The van der Waals surface area contributed by atoms with Crippen molar-refractivity contribution < 1.29 is 22.3 Å². The Bertz CT molecular complexity index is 989. The molecule has 162 valence electrons. The quantitative estimate of drug-likeness (QED) is 0.757. The molecule has 2 amide bonds. The van der Waals surface area contributed by atoms with Gasteiger partial charge < -0.3 is 15.0 Å². The molecule has 0 bridgehead atoms. The number of halogens is 1. The van der Waals surface area contributed by atoms with Crippen LogP contribution in [0.3, 0.4) is 0 Å². The van der Waals surface area contributed by atoms with Crippen molar-refractivity contribution in [1.29, 1.82) is 0 Å². The van der Waals surface area contributed by atoms with E-state index in [1.807, 2.05) is 38.1 Å². The first-order valence-corrected chi connectivity index (χ1v) is 11.2. The summed E-state index contributed by atoms with van der Waals surface area (Å²) in [5.74, 6) is 0.120. The third kappa shape index (κ3) is 5.28. The molecule has 7 nitrogen and oxygen atoms in total. The van der Waals surface area contributed by atoms with Gasteiger partial charge >= 0.3 is 6.03 Å². The number of carbonyl (C=O) groups is 1. The minimum atomic E-state index is -3.79. The molecule has 0 radical (unpaired) electrons. The highest BCUT2D eigenvalue weighted by molar-refractivity contribution is 7.89. The van der Waals surface area contributed by atoms with Crippen molar-refractivity contribution in [2.24, 2.45) is 0 Å². The van der Waals surface area contributed by atoms with Gasteiger partial charge in [-0.3, -0.25) is 0 Å². The maximum atomic E-state index is 13.4. The van der Waals surface area contributed by atoms with Crippen LogP contribution < -0.4 is 10.1 Å². The molecule has 1 saturated heterocycles. The summed E-state index contributed by atoms with van der Waals surface area (Å²) >= 11 is 0. The van der Waals surface area contributed by atoms with Crippen LogP contribution in [0.1, 0.15) is 19.4 Å². The maximum Gasteiger partial charge on any atom is 0.317 e. The first-order chi connectivity index (χ1) is 14.3. The first kappa shape index (κ1) is 22.0. The Kier molecular flexibility index (Phi) is 6.94. The number of benzene rings is 2. The molecule has 0 saturated carbocycles. The number of nitrogens with zero attached hydrogens (tertiary/aromatic N) is 2. The summed E-state index contributed by atoms with van der Waals surface area (Å²) in [6.45, 7) is 5.00. The molecule has 1 heterocycles. The van der Waals surface area contributed by atoms with Gasteiger partial charge in [-0.25, -0.2) is 17.6 Å². The number of hydrogen-bond acceptors (Lipinski definition) is 4. The smallest absolute Gasteiger partial charge is 0.317 e. The average molecular weight is 436 g/mol. The van der Waals surface area contributed by atoms with E-state index in [1.165, 1.54) is 22.5 Å². The normalized spacial score (nSPS) is 15.3. The van der Waals surface area contributed by atoms with Crippen LogP contribution in [0.2, 0.25) is 0 Å². The van der Waals surface area contributed by atoms with E-state index in [1.54, 1.807) is 4.90 Å². The Morgan fingerprint density at radius 2 is 1.80 bits per heavy atom. The molecule has 2 aromatic carbocycles. The largest absolute Gasteiger partial charge is 0.491 e. The van der Waals surface area contributed by atoms with Gasteiger partial charge in [-0.05, 0) is 38.1 Å². The highest BCUT2D eigenvalue weighted by atomic mass is 32.2. The van der Waals surface area contributed by atoms with Crippen molar-refractivity contribution in [3.8, 4) is 5.75 Å². The summed E-state index contributed by atoms with van der Waals surface area (Å²) in [5.41, 5.74) is 0.867. The van der Waals surface area contributed by atoms with Crippen molar-refractivity contribution in [1.82, 2.24) is 14.5 Å². The average Bonchev–Trinajstić information content (AvgIpc) is 2.72. The zero-order chi connectivity index (χ0) is 21.7. The fraction of sp³-hybridized carbons (Fsp3) is 0.381. The molecule has 0 aliphatic carbocycles. The highest BCUT2D eigenvalue weighted by Crippen LogP contribution is 2.20. The molecule has 30 heavy (non-hydrogen) atoms. The summed E-state index contributed by atoms with van der Waals surface area (Å²) in [6, 6.07) is 12.2. The Morgan fingerprint density at radius 1 is 1.10 bits per heavy atom. The fourth-order valence-corrected chi connectivity index (χ4v) is 4.66. The number of sulfonamides is 1. The van der Waals surface area contributed by atoms with E-state index in [0.29, 0.717) is 6.54 Å². The van der Waals surface area contributed by atoms with Crippen LogP contribution in [0.15, 0.2) is 53.4 Å². The number of para-hydroxylation sites is 1. The number of nitrogens with one attached hydrogen (secondary N) is 1. The SMILES string of the molecule is CC(C)Oc1ccccc1CNC(=O)N1CCN(S(=O)(=O)c2cccc(F)c2)CC1. The van der Waals surface area contributed by atoms with Crippen LogP contribution in [0.5, 0.6) is 5.75 Å². The lowest BCUT2D eigenvalue weighted by molar-refractivity contribution is 0.171. The number of ether oxygens (including phenoxy) is 1. The second kappa shape index (κ2) is 9.44. The predicted octanol–water partition coefficient (Wildman–Crippen LogP) is 2.83. The second-order valence-electron chi connectivity index (χ2n) is 7.28. The molecule has 1 aliphatic rings. The lowest BCUT2D eigenvalue weighted by Gasteiger charge is -2.34. The molecule has 9 heteroatoms. The van der Waals surface area contributed by atoms with Crippen molar-refractivity contribution in [2.45, 2.75) is 31.4 Å². The van der Waals surface area contributed by atoms with Crippen molar-refractivity contribution in [2.75, 3.05) is 26.2 Å². The van der Waals surface area contributed by atoms with E-state index in [0.717, 1.165) is 17.4 Å². The molecule has 1 fully saturated rings. The second-order valence-corrected chi connectivity index (χ2v) is 9.22. The van der Waals surface area contributed by atoms with Crippen LogP contribution in [-0.2, 0) is 16.6 Å². The Morgan fingerprint density at radius 3 is 2.47 bits per heavy atom. The topological polar surface area (TPSA) is 79.0 Å². The number of rotatable bonds is 6. The van der Waals surface area contributed by atoms with E-state index in [9.17, 15) is 17.6 Å². The lowest BCUT2D eigenvalue weighted by atomic mass is 10.2. The zero-order valence-electron chi connectivity index (χ0n) is 17.0. The number of hydrogen-bond donors (Lipinski definition) is 1. The highest BCUT2D eigenvalue weighted by Gasteiger charge is 2.30. The minimum Gasteiger partial charge on any atom is -0.491 e. The molecule has 0 atom stereocenters. The van der Waals surface area contributed by atoms with Crippen molar-refractivity contribution in [3.05, 3.63) is 59.9 Å². The van der Waals surface area contributed by atoms with E-state index >= 15 is 0 Å². The molecular weight excluding hydrogens is 409 g/mol. The number of urea groups is 1. The third-order valence-electron chi connectivity index (χ3n) is 4.73. The predicted molar refractivity (Wildman–Crippen MR) is 111 cm³/mol. The van der Waals surface area contributed by atoms with Gasteiger partial charge in [0.15, 0.2) is 0 Å². The van der Waals surface area contributed by atoms with Crippen molar-refractivity contribution >= 4 is 16.1 Å². The third-order valence-corrected chi connectivity index (χ3v) is 6.62. The Labute approximate surface area is 176 Å². The fourth-order valence-electron chi connectivity index (χ4n) is 3.21. The summed E-state index contributed by atoms with van der Waals surface area (Å²) in [7, 11) is -3.79. The summed E-state index contributed by atoms with van der Waals surface area (Å²) in [5, 5.41) is 2.86. The molecule has 3 rings (SSSR count). The summed E-state index contributed by atoms with van der Waals surface area (Å²) in [4.78, 5) is 14.0. The molecular formula is C21H26FN3O4S. The van der Waals surface area contributed by atoms with Gasteiger partial charge in [0.2, 0.25) is 10.0 Å². The van der Waals surface area contributed by atoms with Crippen LogP contribution in [0.4, 0.5) is 9.18 Å². The van der Waals surface area contributed by atoms with Gasteiger partial charge in [-0.1, -0.05) is 24.3 Å². The maximum absolute atomic E-state index is 13.4. The van der Waals surface area contributed by atoms with Crippen LogP contribution in [0, 0.1) is 5.82 Å². The monoisotopic (exact) mass is 435 g/mol. The number of amides is 2. The van der Waals surface area contributed by atoms with Crippen molar-refractivity contribution in [3.63, 3.8) is 0 Å². The first-order valence-electron chi connectivity index (χ1n) is 9.80. The van der Waals surface area contributed by atoms with Crippen LogP contribution in [-0.4, -0.2) is 55.9 Å². The van der Waals surface area contributed by atoms with Gasteiger partial charge in [0.05, 0.1) is 11.0 Å². The Hall–Kier alpha value is -2.65. The van der Waals surface area contributed by atoms with E-state index < -0.39 is 15.8 Å². The Balaban J connectivity index is 1.56. The van der Waals surface area contributed by atoms with Gasteiger partial charge in [-0.2, -0.15) is 4.31 Å². The molecule has 2 aromatic rings. The van der Waals surface area contributed by atoms with Gasteiger partial charge in [0.25, 0.3) is 0 Å².